The van der Waals surface area contributed by atoms with Gasteiger partial charge in [0.25, 0.3) is 0 Å². The lowest BCUT2D eigenvalue weighted by atomic mass is 9.83. The second-order valence-electron chi connectivity index (χ2n) is 4.30. The topological polar surface area (TPSA) is 59.0 Å². The molecule has 0 amide bonds. The zero-order valence-corrected chi connectivity index (χ0v) is 9.28. The number of benzene rings is 1. The van der Waals surface area contributed by atoms with E-state index in [0.717, 1.165) is 18.9 Å². The third-order valence-electron chi connectivity index (χ3n) is 3.15. The third-order valence-corrected chi connectivity index (χ3v) is 3.15. The van der Waals surface area contributed by atoms with Gasteiger partial charge in [0, 0.05) is 0 Å². The Morgan fingerprint density at radius 3 is 2.81 bits per heavy atom. The largest absolute Gasteiger partial charge is 0.491 e. The molecule has 1 aromatic rings. The summed E-state index contributed by atoms with van der Waals surface area (Å²) in [6.45, 7) is 0.723. The Morgan fingerprint density at radius 1 is 1.44 bits per heavy atom. The lowest BCUT2D eigenvalue weighted by Crippen LogP contribution is -2.14. The van der Waals surface area contributed by atoms with Gasteiger partial charge in [-0.3, -0.25) is 0 Å². The standard InChI is InChI=1S/C13H16N2O/c14-9-11-4-5-13(12(15)8-11)16-7-6-10-2-1-3-10/h4-5,8,10H,1-3,6-7,15H2. The zero-order valence-electron chi connectivity index (χ0n) is 9.28. The molecule has 0 aliphatic heterocycles. The van der Waals surface area contributed by atoms with Gasteiger partial charge in [-0.05, 0) is 30.5 Å². The van der Waals surface area contributed by atoms with Crippen LogP contribution in [0.3, 0.4) is 0 Å². The maximum Gasteiger partial charge on any atom is 0.142 e. The molecule has 0 radical (unpaired) electrons. The summed E-state index contributed by atoms with van der Waals surface area (Å²) in [6, 6.07) is 7.21. The normalized spacial score (nSPS) is 15.2. The molecule has 0 heterocycles. The highest BCUT2D eigenvalue weighted by Crippen LogP contribution is 2.30. The second kappa shape index (κ2) is 4.89. The van der Waals surface area contributed by atoms with Crippen LogP contribution in [-0.2, 0) is 0 Å². The van der Waals surface area contributed by atoms with Gasteiger partial charge in [-0.15, -0.1) is 0 Å². The molecule has 3 heteroatoms. The minimum Gasteiger partial charge on any atom is -0.491 e. The van der Waals surface area contributed by atoms with E-state index in [2.05, 4.69) is 6.07 Å². The molecular weight excluding hydrogens is 200 g/mol. The first-order chi connectivity index (χ1) is 7.79. The fourth-order valence-corrected chi connectivity index (χ4v) is 1.87. The van der Waals surface area contributed by atoms with Crippen molar-refractivity contribution in [3.8, 4) is 11.8 Å². The lowest BCUT2D eigenvalue weighted by molar-refractivity contribution is 0.222. The maximum absolute atomic E-state index is 8.69. The number of hydrogen-bond donors (Lipinski definition) is 1. The van der Waals surface area contributed by atoms with Gasteiger partial charge in [-0.25, -0.2) is 0 Å². The molecule has 2 rings (SSSR count). The van der Waals surface area contributed by atoms with E-state index in [4.69, 9.17) is 15.7 Å². The van der Waals surface area contributed by atoms with Gasteiger partial charge >= 0.3 is 0 Å². The van der Waals surface area contributed by atoms with E-state index in [9.17, 15) is 0 Å². The van der Waals surface area contributed by atoms with Gasteiger partial charge in [0.1, 0.15) is 5.75 Å². The van der Waals surface area contributed by atoms with Gasteiger partial charge in [-0.2, -0.15) is 5.26 Å². The molecule has 0 saturated heterocycles. The van der Waals surface area contributed by atoms with Crippen LogP contribution in [0.15, 0.2) is 18.2 Å². The molecule has 16 heavy (non-hydrogen) atoms. The van der Waals surface area contributed by atoms with Crippen molar-refractivity contribution in [3.63, 3.8) is 0 Å². The van der Waals surface area contributed by atoms with E-state index in [1.165, 1.54) is 19.3 Å². The minimum absolute atomic E-state index is 0.549. The van der Waals surface area contributed by atoms with Crippen LogP contribution >= 0.6 is 0 Å². The predicted octanol–water partition coefficient (Wildman–Crippen LogP) is 2.71. The Labute approximate surface area is 95.8 Å². The maximum atomic E-state index is 8.69. The van der Waals surface area contributed by atoms with Gasteiger partial charge in [0.15, 0.2) is 0 Å². The number of hydrogen-bond acceptors (Lipinski definition) is 3. The Kier molecular flexibility index (Phi) is 3.31. The molecule has 1 fully saturated rings. The van der Waals surface area contributed by atoms with Crippen LogP contribution in [0.5, 0.6) is 5.75 Å². The van der Waals surface area contributed by atoms with E-state index in [0.29, 0.717) is 17.0 Å². The van der Waals surface area contributed by atoms with Crippen LogP contribution in [0, 0.1) is 17.2 Å². The first kappa shape index (κ1) is 10.8. The molecule has 1 saturated carbocycles. The molecule has 1 aliphatic rings. The van der Waals surface area contributed by atoms with Crippen molar-refractivity contribution in [1.29, 1.82) is 5.26 Å². The average Bonchev–Trinajstić information content (AvgIpc) is 2.23. The lowest BCUT2D eigenvalue weighted by Gasteiger charge is -2.25. The summed E-state index contributed by atoms with van der Waals surface area (Å²) in [6.07, 6.45) is 5.15. The molecule has 0 unspecified atom stereocenters. The Hall–Kier alpha value is -1.69. The van der Waals surface area contributed by atoms with Gasteiger partial charge < -0.3 is 10.5 Å². The fourth-order valence-electron chi connectivity index (χ4n) is 1.87. The molecule has 2 N–H and O–H groups in total. The summed E-state index contributed by atoms with van der Waals surface area (Å²) < 4.78 is 5.61. The molecule has 0 spiro atoms. The van der Waals surface area contributed by atoms with Crippen LogP contribution in [0.4, 0.5) is 5.69 Å². The highest BCUT2D eigenvalue weighted by Gasteiger charge is 2.17. The van der Waals surface area contributed by atoms with Crippen molar-refractivity contribution >= 4 is 5.69 Å². The Balaban J connectivity index is 1.86. The molecule has 1 aliphatic carbocycles. The number of ether oxygens (including phenoxy) is 1. The van der Waals surface area contributed by atoms with E-state index in [1.54, 1.807) is 18.2 Å². The molecule has 84 valence electrons. The van der Waals surface area contributed by atoms with E-state index in [-0.39, 0.29) is 0 Å². The first-order valence-corrected chi connectivity index (χ1v) is 5.72. The predicted molar refractivity (Wildman–Crippen MR) is 63.0 cm³/mol. The second-order valence-corrected chi connectivity index (χ2v) is 4.30. The van der Waals surface area contributed by atoms with Crippen molar-refractivity contribution in [3.05, 3.63) is 23.8 Å². The number of nitriles is 1. The third kappa shape index (κ3) is 2.46. The SMILES string of the molecule is N#Cc1ccc(OCCC2CCC2)c(N)c1. The van der Waals surface area contributed by atoms with Crippen molar-refractivity contribution in [2.45, 2.75) is 25.7 Å². The van der Waals surface area contributed by atoms with Crippen molar-refractivity contribution in [2.24, 2.45) is 5.92 Å². The van der Waals surface area contributed by atoms with Gasteiger partial charge in [-0.1, -0.05) is 19.3 Å². The summed E-state index contributed by atoms with van der Waals surface area (Å²) in [5, 5.41) is 8.69. The van der Waals surface area contributed by atoms with Crippen molar-refractivity contribution in [2.75, 3.05) is 12.3 Å². The van der Waals surface area contributed by atoms with Crippen LogP contribution in [-0.4, -0.2) is 6.61 Å². The molecule has 3 nitrogen and oxygen atoms in total. The minimum atomic E-state index is 0.549. The number of rotatable bonds is 4. The van der Waals surface area contributed by atoms with Gasteiger partial charge in [0.2, 0.25) is 0 Å². The van der Waals surface area contributed by atoms with Crippen LogP contribution < -0.4 is 10.5 Å². The quantitative estimate of drug-likeness (QED) is 0.787. The summed E-state index contributed by atoms with van der Waals surface area (Å²) in [4.78, 5) is 0. The molecule has 1 aromatic carbocycles. The number of anilines is 1. The average molecular weight is 216 g/mol. The summed E-state index contributed by atoms with van der Waals surface area (Å²) in [7, 11) is 0. The molecule has 0 bridgehead atoms. The van der Waals surface area contributed by atoms with Crippen LogP contribution in [0.2, 0.25) is 0 Å². The number of nitrogens with two attached hydrogens (primary N) is 1. The van der Waals surface area contributed by atoms with Crippen LogP contribution in [0.25, 0.3) is 0 Å². The summed E-state index contributed by atoms with van der Waals surface area (Å²) in [5.41, 5.74) is 6.91. The summed E-state index contributed by atoms with van der Waals surface area (Å²) in [5.74, 6) is 1.54. The van der Waals surface area contributed by atoms with E-state index in [1.807, 2.05) is 0 Å². The van der Waals surface area contributed by atoms with E-state index >= 15 is 0 Å². The first-order valence-electron chi connectivity index (χ1n) is 5.72. The monoisotopic (exact) mass is 216 g/mol. The highest BCUT2D eigenvalue weighted by molar-refractivity contribution is 5.56. The fraction of sp³-hybridized carbons (Fsp3) is 0.462. The van der Waals surface area contributed by atoms with Crippen LogP contribution in [0.1, 0.15) is 31.2 Å². The van der Waals surface area contributed by atoms with Gasteiger partial charge in [0.05, 0.1) is 23.9 Å². The van der Waals surface area contributed by atoms with E-state index < -0.39 is 0 Å². The molecule has 0 atom stereocenters. The number of nitrogens with zero attached hydrogens (tertiary/aromatic N) is 1. The molecular formula is C13H16N2O. The highest BCUT2D eigenvalue weighted by atomic mass is 16.5. The summed E-state index contributed by atoms with van der Waals surface area (Å²) >= 11 is 0. The Morgan fingerprint density at radius 2 is 2.25 bits per heavy atom. The smallest absolute Gasteiger partial charge is 0.142 e. The zero-order chi connectivity index (χ0) is 11.4. The Bertz CT molecular complexity index is 405. The van der Waals surface area contributed by atoms with Crippen molar-refractivity contribution in [1.82, 2.24) is 0 Å². The van der Waals surface area contributed by atoms with Crippen molar-refractivity contribution < 1.29 is 4.74 Å². The number of nitrogen functional groups attached to an aromatic ring is 1. The molecule has 0 aromatic heterocycles.